The molecule has 1 aromatic carbocycles. The van der Waals surface area contributed by atoms with Crippen molar-refractivity contribution < 1.29 is 14.3 Å². The van der Waals surface area contributed by atoms with Gasteiger partial charge in [-0.1, -0.05) is 0 Å². The lowest BCUT2D eigenvalue weighted by atomic mass is 10.1. The van der Waals surface area contributed by atoms with Crippen molar-refractivity contribution in [1.82, 2.24) is 9.78 Å². The molecule has 0 saturated heterocycles. The highest BCUT2D eigenvalue weighted by molar-refractivity contribution is 6.07. The summed E-state index contributed by atoms with van der Waals surface area (Å²) in [6.07, 6.45) is 2.91. The fourth-order valence-electron chi connectivity index (χ4n) is 1.73. The number of amides is 2. The number of nitrogens with zero attached hydrogens (tertiary/aromatic N) is 2. The summed E-state index contributed by atoms with van der Waals surface area (Å²) in [5, 5.41) is 6.54. The molecule has 0 aliphatic heterocycles. The van der Waals surface area contributed by atoms with E-state index in [0.29, 0.717) is 17.1 Å². The van der Waals surface area contributed by atoms with E-state index in [0.717, 1.165) is 0 Å². The Labute approximate surface area is 120 Å². The zero-order chi connectivity index (χ0) is 15.4. The number of ether oxygens (including phenoxy) is 1. The lowest BCUT2D eigenvalue weighted by Crippen LogP contribution is -2.18. The van der Waals surface area contributed by atoms with Gasteiger partial charge < -0.3 is 21.5 Å². The van der Waals surface area contributed by atoms with Crippen LogP contribution in [-0.2, 0) is 11.3 Å². The first-order valence-electron chi connectivity index (χ1n) is 6.05. The summed E-state index contributed by atoms with van der Waals surface area (Å²) in [5.74, 6) is -0.392. The van der Waals surface area contributed by atoms with Crippen LogP contribution in [-0.4, -0.2) is 28.7 Å². The first-order chi connectivity index (χ1) is 9.99. The van der Waals surface area contributed by atoms with Gasteiger partial charge in [0.1, 0.15) is 12.3 Å². The number of anilines is 2. The Morgan fingerprint density at radius 2 is 2.19 bits per heavy atom. The molecule has 2 aromatic rings. The second kappa shape index (κ2) is 5.95. The number of carbonyl (C=O) groups is 2. The van der Waals surface area contributed by atoms with Crippen molar-refractivity contribution in [3.63, 3.8) is 0 Å². The quantitative estimate of drug-likeness (QED) is 0.678. The van der Waals surface area contributed by atoms with Crippen molar-refractivity contribution >= 4 is 23.2 Å². The molecule has 2 amide bonds. The van der Waals surface area contributed by atoms with Crippen molar-refractivity contribution in [2.24, 2.45) is 5.73 Å². The van der Waals surface area contributed by atoms with E-state index in [1.165, 1.54) is 24.2 Å². The van der Waals surface area contributed by atoms with Gasteiger partial charge in [0.25, 0.3) is 5.91 Å². The normalized spacial score (nSPS) is 10.1. The topological polar surface area (TPSA) is 125 Å². The van der Waals surface area contributed by atoms with E-state index in [-0.39, 0.29) is 12.1 Å². The summed E-state index contributed by atoms with van der Waals surface area (Å²) in [4.78, 5) is 22.9. The molecule has 0 aliphatic carbocycles. The predicted octanol–water partition coefficient (Wildman–Crippen LogP) is 0.212. The number of benzene rings is 1. The minimum absolute atomic E-state index is 0.0584. The van der Waals surface area contributed by atoms with Crippen molar-refractivity contribution in [2.45, 2.75) is 6.54 Å². The Bertz CT molecular complexity index is 680. The monoisotopic (exact) mass is 289 g/mol. The van der Waals surface area contributed by atoms with Gasteiger partial charge in [0.15, 0.2) is 0 Å². The molecular formula is C13H15N5O3. The van der Waals surface area contributed by atoms with Gasteiger partial charge in [-0.3, -0.25) is 14.3 Å². The highest BCUT2D eigenvalue weighted by atomic mass is 16.5. The molecule has 0 saturated carbocycles. The second-order valence-corrected chi connectivity index (χ2v) is 4.30. The molecule has 0 spiro atoms. The minimum Gasteiger partial charge on any atom is -0.497 e. The van der Waals surface area contributed by atoms with Crippen LogP contribution >= 0.6 is 0 Å². The number of nitrogens with two attached hydrogens (primary N) is 2. The van der Waals surface area contributed by atoms with Crippen LogP contribution in [0.2, 0.25) is 0 Å². The van der Waals surface area contributed by atoms with Crippen LogP contribution in [0.4, 0.5) is 11.4 Å². The number of carbonyl (C=O) groups excluding carboxylic acids is 2. The molecule has 1 heterocycles. The molecule has 5 N–H and O–H groups in total. The number of rotatable bonds is 5. The number of aromatic nitrogens is 2. The van der Waals surface area contributed by atoms with Crippen LogP contribution in [0.1, 0.15) is 10.4 Å². The molecule has 110 valence electrons. The van der Waals surface area contributed by atoms with E-state index >= 15 is 0 Å². The van der Waals surface area contributed by atoms with E-state index in [1.807, 2.05) is 0 Å². The Balaban J connectivity index is 2.14. The molecule has 0 atom stereocenters. The molecular weight excluding hydrogens is 274 g/mol. The van der Waals surface area contributed by atoms with Crippen molar-refractivity contribution in [3.05, 3.63) is 36.2 Å². The first kappa shape index (κ1) is 14.4. The van der Waals surface area contributed by atoms with Crippen LogP contribution in [0.3, 0.4) is 0 Å². The Hall–Kier alpha value is -3.03. The van der Waals surface area contributed by atoms with Crippen LogP contribution in [0.15, 0.2) is 30.6 Å². The maximum absolute atomic E-state index is 12.2. The molecule has 0 radical (unpaired) electrons. The van der Waals surface area contributed by atoms with Gasteiger partial charge >= 0.3 is 0 Å². The largest absolute Gasteiger partial charge is 0.497 e. The van der Waals surface area contributed by atoms with E-state index < -0.39 is 11.8 Å². The van der Waals surface area contributed by atoms with Crippen molar-refractivity contribution in [1.29, 1.82) is 0 Å². The van der Waals surface area contributed by atoms with E-state index in [4.69, 9.17) is 16.2 Å². The summed E-state index contributed by atoms with van der Waals surface area (Å²) in [7, 11) is 1.50. The summed E-state index contributed by atoms with van der Waals surface area (Å²) in [5.41, 5.74) is 11.9. The number of methoxy groups -OCH3 is 1. The zero-order valence-electron chi connectivity index (χ0n) is 11.4. The molecule has 8 heteroatoms. The summed E-state index contributed by atoms with van der Waals surface area (Å²) in [6, 6.07) is 4.79. The number of nitrogens with one attached hydrogen (secondary N) is 1. The van der Waals surface area contributed by atoms with Gasteiger partial charge in [-0.25, -0.2) is 0 Å². The smallest absolute Gasteiger partial charge is 0.257 e. The fourth-order valence-corrected chi connectivity index (χ4v) is 1.73. The number of primary amides is 1. The van der Waals surface area contributed by atoms with Crippen LogP contribution < -0.4 is 21.5 Å². The highest BCUT2D eigenvalue weighted by Gasteiger charge is 2.12. The predicted molar refractivity (Wildman–Crippen MR) is 76.8 cm³/mol. The Morgan fingerprint density at radius 3 is 2.86 bits per heavy atom. The molecule has 0 unspecified atom stereocenters. The third-order valence-electron chi connectivity index (χ3n) is 2.71. The molecule has 0 aliphatic rings. The lowest BCUT2D eigenvalue weighted by molar-refractivity contribution is -0.118. The van der Waals surface area contributed by atoms with E-state index in [9.17, 15) is 9.59 Å². The molecule has 2 rings (SSSR count). The standard InChI is InChI=1S/C13H15N5O3/c1-21-9-2-3-11(14)10(4-9)13(20)17-8-5-16-18(6-8)7-12(15)19/h2-6H,7,14H2,1H3,(H2,15,19)(H,17,20). The van der Waals surface area contributed by atoms with Gasteiger partial charge in [0.05, 0.1) is 24.6 Å². The third-order valence-corrected chi connectivity index (χ3v) is 2.71. The van der Waals surface area contributed by atoms with Gasteiger partial charge in [0.2, 0.25) is 5.91 Å². The first-order valence-corrected chi connectivity index (χ1v) is 6.05. The molecule has 0 fully saturated rings. The average molecular weight is 289 g/mol. The van der Waals surface area contributed by atoms with Crippen LogP contribution in [0.25, 0.3) is 0 Å². The van der Waals surface area contributed by atoms with Gasteiger partial charge in [-0.15, -0.1) is 0 Å². The van der Waals surface area contributed by atoms with Gasteiger partial charge in [-0.05, 0) is 18.2 Å². The van der Waals surface area contributed by atoms with E-state index in [1.54, 1.807) is 18.2 Å². The SMILES string of the molecule is COc1ccc(N)c(C(=O)Nc2cnn(CC(N)=O)c2)c1. The summed E-state index contributed by atoms with van der Waals surface area (Å²) >= 11 is 0. The molecule has 1 aromatic heterocycles. The zero-order valence-corrected chi connectivity index (χ0v) is 11.4. The highest BCUT2D eigenvalue weighted by Crippen LogP contribution is 2.20. The lowest BCUT2D eigenvalue weighted by Gasteiger charge is -2.07. The Morgan fingerprint density at radius 1 is 1.43 bits per heavy atom. The molecule has 0 bridgehead atoms. The molecule has 21 heavy (non-hydrogen) atoms. The van der Waals surface area contributed by atoms with Gasteiger partial charge in [0, 0.05) is 11.9 Å². The van der Waals surface area contributed by atoms with E-state index in [2.05, 4.69) is 10.4 Å². The number of hydrogen-bond donors (Lipinski definition) is 3. The third kappa shape index (κ3) is 3.50. The maximum atomic E-state index is 12.2. The second-order valence-electron chi connectivity index (χ2n) is 4.30. The number of hydrogen-bond acceptors (Lipinski definition) is 5. The fraction of sp³-hybridized carbons (Fsp3) is 0.154. The maximum Gasteiger partial charge on any atom is 0.257 e. The summed E-state index contributed by atoms with van der Waals surface area (Å²) < 4.78 is 6.38. The number of nitrogen functional groups attached to an aromatic ring is 1. The average Bonchev–Trinajstić information content (AvgIpc) is 2.85. The van der Waals surface area contributed by atoms with Crippen molar-refractivity contribution in [3.8, 4) is 5.75 Å². The van der Waals surface area contributed by atoms with Gasteiger partial charge in [-0.2, -0.15) is 5.10 Å². The Kier molecular flexibility index (Phi) is 4.07. The van der Waals surface area contributed by atoms with Crippen LogP contribution in [0.5, 0.6) is 5.75 Å². The van der Waals surface area contributed by atoms with Crippen molar-refractivity contribution in [2.75, 3.05) is 18.2 Å². The minimum atomic E-state index is -0.520. The van der Waals surface area contributed by atoms with Crippen LogP contribution in [0, 0.1) is 0 Å². The molecule has 8 nitrogen and oxygen atoms in total. The summed E-state index contributed by atoms with van der Waals surface area (Å²) in [6.45, 7) is -0.0584.